The van der Waals surface area contributed by atoms with Crippen LogP contribution in [-0.4, -0.2) is 4.57 Å². The van der Waals surface area contributed by atoms with E-state index in [1.165, 1.54) is 87.9 Å². The Morgan fingerprint density at radius 1 is 0.250 bits per heavy atom. The number of hydrogen-bond acceptors (Lipinski definition) is 1. The zero-order chi connectivity index (χ0) is 42.4. The zero-order valence-electron chi connectivity index (χ0n) is 35.1. The molecule has 0 aliphatic heterocycles. The molecule has 0 N–H and O–H groups in total. The lowest BCUT2D eigenvalue weighted by Gasteiger charge is -2.26. The van der Waals surface area contributed by atoms with Crippen molar-refractivity contribution in [1.82, 2.24) is 4.57 Å². The third-order valence-electron chi connectivity index (χ3n) is 12.8. The summed E-state index contributed by atoms with van der Waals surface area (Å²) in [5.41, 5.74) is 16.5. The van der Waals surface area contributed by atoms with Crippen molar-refractivity contribution in [2.24, 2.45) is 0 Å². The van der Waals surface area contributed by atoms with E-state index in [1.54, 1.807) is 0 Å². The zero-order valence-corrected chi connectivity index (χ0v) is 35.1. The average Bonchev–Trinajstić information content (AvgIpc) is 3.74. The Balaban J connectivity index is 0.915. The van der Waals surface area contributed by atoms with Gasteiger partial charge in [0.05, 0.1) is 11.0 Å². The van der Waals surface area contributed by atoms with Gasteiger partial charge >= 0.3 is 0 Å². The summed E-state index contributed by atoms with van der Waals surface area (Å²) in [5.74, 6) is 0. The Hall–Kier alpha value is -8.46. The molecule has 1 aromatic heterocycles. The van der Waals surface area contributed by atoms with Crippen LogP contribution >= 0.6 is 0 Å². The van der Waals surface area contributed by atoms with Gasteiger partial charge in [0.15, 0.2) is 0 Å². The molecule has 1 heterocycles. The summed E-state index contributed by atoms with van der Waals surface area (Å²) in [7, 11) is 0. The fraction of sp³-hybridized carbons (Fsp3) is 0. The number of rotatable bonds is 8. The average molecular weight is 815 g/mol. The molecule has 0 aliphatic carbocycles. The summed E-state index contributed by atoms with van der Waals surface area (Å²) < 4.78 is 2.46. The molecule has 0 atom stereocenters. The van der Waals surface area contributed by atoms with E-state index in [2.05, 4.69) is 264 Å². The summed E-state index contributed by atoms with van der Waals surface area (Å²) in [6.07, 6.45) is 0. The number of nitrogens with zero attached hydrogens (tertiary/aromatic N) is 2. The highest BCUT2D eigenvalue weighted by Gasteiger charge is 2.19. The summed E-state index contributed by atoms with van der Waals surface area (Å²) in [6, 6.07) is 92.4. The van der Waals surface area contributed by atoms with E-state index in [1.807, 2.05) is 0 Å². The van der Waals surface area contributed by atoms with Crippen LogP contribution in [0.15, 0.2) is 255 Å². The van der Waals surface area contributed by atoms with Crippen molar-refractivity contribution in [3.63, 3.8) is 0 Å². The predicted molar refractivity (Wildman–Crippen MR) is 272 cm³/mol. The summed E-state index contributed by atoms with van der Waals surface area (Å²) in [6.45, 7) is 0. The number of fused-ring (bicyclic) bond motifs is 8. The van der Waals surface area contributed by atoms with Crippen molar-refractivity contribution in [3.8, 4) is 50.2 Å². The Bertz CT molecular complexity index is 3610. The van der Waals surface area contributed by atoms with E-state index in [-0.39, 0.29) is 0 Å². The van der Waals surface area contributed by atoms with Crippen molar-refractivity contribution < 1.29 is 0 Å². The number of benzene rings is 11. The van der Waals surface area contributed by atoms with Crippen LogP contribution in [0.5, 0.6) is 0 Å². The summed E-state index contributed by atoms with van der Waals surface area (Å²) >= 11 is 0. The first kappa shape index (κ1) is 37.3. The van der Waals surface area contributed by atoms with E-state index in [0.717, 1.165) is 22.7 Å². The first-order chi connectivity index (χ1) is 31.8. The molecule has 12 rings (SSSR count). The normalized spacial score (nSPS) is 11.4. The summed E-state index contributed by atoms with van der Waals surface area (Å²) in [5, 5.41) is 7.68. The molecule has 0 radical (unpaired) electrons. The highest BCUT2D eigenvalue weighted by atomic mass is 15.1. The van der Waals surface area contributed by atoms with Crippen molar-refractivity contribution in [2.45, 2.75) is 0 Å². The highest BCUT2D eigenvalue weighted by molar-refractivity contribution is 6.32. The van der Waals surface area contributed by atoms with Crippen LogP contribution < -0.4 is 4.90 Å². The highest BCUT2D eigenvalue weighted by Crippen LogP contribution is 2.43. The van der Waals surface area contributed by atoms with Crippen molar-refractivity contribution >= 4 is 60.4 Å². The SMILES string of the molecule is c1ccc(-c2ccc(N(c3ccc(-c4ccc(-n5c6ccccc6c6c7ccccc7c7ccccc7c65)cc4)cc3)c3ccc(-c4ccccc4-c4ccccc4)cc3)cc2)cc1. The van der Waals surface area contributed by atoms with E-state index in [4.69, 9.17) is 0 Å². The lowest BCUT2D eigenvalue weighted by Crippen LogP contribution is -2.09. The molecular weight excluding hydrogens is 773 g/mol. The van der Waals surface area contributed by atoms with Crippen LogP contribution in [0.4, 0.5) is 17.1 Å². The Labute approximate surface area is 373 Å². The Morgan fingerprint density at radius 2 is 0.609 bits per heavy atom. The molecular formula is C62H42N2. The molecule has 0 aliphatic rings. The molecule has 0 amide bonds. The van der Waals surface area contributed by atoms with E-state index in [9.17, 15) is 0 Å². The molecule has 2 nitrogen and oxygen atoms in total. The van der Waals surface area contributed by atoms with Gasteiger partial charge in [-0.05, 0) is 115 Å². The molecule has 0 saturated carbocycles. The van der Waals surface area contributed by atoms with Gasteiger partial charge in [-0.15, -0.1) is 0 Å². The number of anilines is 3. The maximum atomic E-state index is 2.46. The maximum absolute atomic E-state index is 2.46. The molecule has 0 unspecified atom stereocenters. The van der Waals surface area contributed by atoms with Crippen molar-refractivity contribution in [3.05, 3.63) is 255 Å². The first-order valence-corrected chi connectivity index (χ1v) is 22.0. The van der Waals surface area contributed by atoms with Crippen LogP contribution in [0.25, 0.3) is 93.5 Å². The van der Waals surface area contributed by atoms with Gasteiger partial charge in [-0.1, -0.05) is 200 Å². The molecule has 0 spiro atoms. The second-order valence-corrected chi connectivity index (χ2v) is 16.5. The Kier molecular flexibility index (Phi) is 9.20. The van der Waals surface area contributed by atoms with Gasteiger partial charge < -0.3 is 9.47 Å². The van der Waals surface area contributed by atoms with Crippen LogP contribution in [0.1, 0.15) is 0 Å². The van der Waals surface area contributed by atoms with Crippen LogP contribution in [0.3, 0.4) is 0 Å². The van der Waals surface area contributed by atoms with Gasteiger partial charge in [-0.25, -0.2) is 0 Å². The van der Waals surface area contributed by atoms with Gasteiger partial charge in [-0.3, -0.25) is 0 Å². The number of para-hydroxylation sites is 1. The molecule has 0 fully saturated rings. The van der Waals surface area contributed by atoms with Crippen molar-refractivity contribution in [1.29, 1.82) is 0 Å². The number of aromatic nitrogens is 1. The summed E-state index contributed by atoms with van der Waals surface area (Å²) in [4.78, 5) is 2.35. The third-order valence-corrected chi connectivity index (χ3v) is 12.8. The molecule has 2 heteroatoms. The van der Waals surface area contributed by atoms with Gasteiger partial charge in [0, 0.05) is 38.9 Å². The third kappa shape index (κ3) is 6.44. The van der Waals surface area contributed by atoms with E-state index >= 15 is 0 Å². The molecule has 64 heavy (non-hydrogen) atoms. The minimum Gasteiger partial charge on any atom is -0.311 e. The van der Waals surface area contributed by atoms with Crippen molar-refractivity contribution in [2.75, 3.05) is 4.90 Å². The monoisotopic (exact) mass is 814 g/mol. The molecule has 11 aromatic carbocycles. The van der Waals surface area contributed by atoms with Crippen LogP contribution in [0, 0.1) is 0 Å². The minimum atomic E-state index is 1.09. The van der Waals surface area contributed by atoms with Gasteiger partial charge in [0.2, 0.25) is 0 Å². The smallest absolute Gasteiger partial charge is 0.0625 e. The second-order valence-electron chi connectivity index (χ2n) is 16.5. The molecule has 0 saturated heterocycles. The lowest BCUT2D eigenvalue weighted by atomic mass is 9.94. The first-order valence-electron chi connectivity index (χ1n) is 22.0. The maximum Gasteiger partial charge on any atom is 0.0625 e. The second kappa shape index (κ2) is 15.8. The molecule has 12 aromatic rings. The van der Waals surface area contributed by atoms with Gasteiger partial charge in [-0.2, -0.15) is 0 Å². The van der Waals surface area contributed by atoms with Crippen LogP contribution in [-0.2, 0) is 0 Å². The quantitative estimate of drug-likeness (QED) is 0.139. The minimum absolute atomic E-state index is 1.09. The van der Waals surface area contributed by atoms with Gasteiger partial charge in [0.25, 0.3) is 0 Å². The van der Waals surface area contributed by atoms with Gasteiger partial charge in [0.1, 0.15) is 0 Å². The van der Waals surface area contributed by atoms with Crippen LogP contribution in [0.2, 0.25) is 0 Å². The van der Waals surface area contributed by atoms with E-state index in [0.29, 0.717) is 0 Å². The Morgan fingerprint density at radius 3 is 1.16 bits per heavy atom. The molecule has 300 valence electrons. The standard InChI is InChI=1S/C62H42N2/c1-3-15-43(16-4-1)44-27-35-49(36-28-44)63(51-41-33-48(34-42-51)54-20-8-7-19-53(54)47-17-5-2-6-18-47)50-37-29-45(30-38-50)46-31-39-52(40-32-46)64-60-26-14-13-25-59(60)61-57-23-11-9-21-55(57)56-22-10-12-24-58(56)62(61)64/h1-42H. The largest absolute Gasteiger partial charge is 0.311 e. The number of hydrogen-bond donors (Lipinski definition) is 0. The fourth-order valence-electron chi connectivity index (χ4n) is 9.78. The fourth-order valence-corrected chi connectivity index (χ4v) is 9.78. The lowest BCUT2D eigenvalue weighted by molar-refractivity contribution is 1.19. The predicted octanol–water partition coefficient (Wildman–Crippen LogP) is 17.2. The topological polar surface area (TPSA) is 8.17 Å². The molecule has 0 bridgehead atoms. The van der Waals surface area contributed by atoms with E-state index < -0.39 is 0 Å².